The minimum absolute atomic E-state index is 0.622. The molecule has 0 bridgehead atoms. The first-order valence-corrected chi connectivity index (χ1v) is 5.29. The molecule has 1 nitrogen and oxygen atoms in total. The molecular weight excluding hydrogens is 146 g/mol. The molecule has 0 aromatic rings. The van der Waals surface area contributed by atoms with Gasteiger partial charge in [-0.3, -0.25) is 0 Å². The Bertz CT molecular complexity index is 129. The van der Waals surface area contributed by atoms with Crippen molar-refractivity contribution in [3.05, 3.63) is 0 Å². The van der Waals surface area contributed by atoms with Crippen molar-refractivity contribution in [3.8, 4) is 0 Å². The van der Waals surface area contributed by atoms with E-state index >= 15 is 0 Å². The van der Waals surface area contributed by atoms with Crippen molar-refractivity contribution in [2.45, 2.75) is 46.0 Å². The zero-order chi connectivity index (χ0) is 9.03. The molecule has 0 aromatic carbocycles. The summed E-state index contributed by atoms with van der Waals surface area (Å²) in [4.78, 5) is 0. The van der Waals surface area contributed by atoms with E-state index in [2.05, 4.69) is 19.2 Å². The summed E-state index contributed by atoms with van der Waals surface area (Å²) in [7, 11) is 2.05. The van der Waals surface area contributed by atoms with Crippen LogP contribution in [0.2, 0.25) is 0 Å². The first-order chi connectivity index (χ1) is 5.64. The van der Waals surface area contributed by atoms with Crippen molar-refractivity contribution in [2.24, 2.45) is 11.3 Å². The van der Waals surface area contributed by atoms with Crippen LogP contribution in [-0.2, 0) is 0 Å². The maximum Gasteiger partial charge on any atom is -0.00493 e. The third kappa shape index (κ3) is 3.14. The van der Waals surface area contributed by atoms with Crippen LogP contribution in [0.1, 0.15) is 46.0 Å². The van der Waals surface area contributed by atoms with Crippen LogP contribution in [0.25, 0.3) is 0 Å². The van der Waals surface area contributed by atoms with Gasteiger partial charge in [0.25, 0.3) is 0 Å². The molecule has 1 unspecified atom stereocenters. The van der Waals surface area contributed by atoms with Gasteiger partial charge in [0.15, 0.2) is 0 Å². The predicted octanol–water partition coefficient (Wildman–Crippen LogP) is 2.81. The molecule has 0 aromatic heterocycles. The third-order valence-electron chi connectivity index (χ3n) is 3.11. The molecule has 1 N–H and O–H groups in total. The van der Waals surface area contributed by atoms with E-state index in [1.54, 1.807) is 0 Å². The zero-order valence-electron chi connectivity index (χ0n) is 8.82. The Labute approximate surface area is 76.9 Å². The Hall–Kier alpha value is -0.0400. The van der Waals surface area contributed by atoms with Gasteiger partial charge in [-0.1, -0.05) is 26.7 Å². The Balaban J connectivity index is 2.26. The minimum Gasteiger partial charge on any atom is -0.320 e. The van der Waals surface area contributed by atoms with Crippen LogP contribution in [0.15, 0.2) is 0 Å². The van der Waals surface area contributed by atoms with E-state index in [-0.39, 0.29) is 0 Å². The van der Waals surface area contributed by atoms with E-state index in [1.165, 1.54) is 38.6 Å². The first-order valence-electron chi connectivity index (χ1n) is 5.29. The lowest BCUT2D eigenvalue weighted by atomic mass is 9.71. The summed E-state index contributed by atoms with van der Waals surface area (Å²) in [5.74, 6) is 0.987. The van der Waals surface area contributed by atoms with Crippen molar-refractivity contribution in [2.75, 3.05) is 13.6 Å². The van der Waals surface area contributed by atoms with Gasteiger partial charge in [0, 0.05) is 0 Å². The summed E-state index contributed by atoms with van der Waals surface area (Å²) in [5.41, 5.74) is 0.622. The molecule has 1 saturated carbocycles. The van der Waals surface area contributed by atoms with Gasteiger partial charge in [-0.2, -0.15) is 0 Å². The smallest absolute Gasteiger partial charge is 0.00493 e. The zero-order valence-corrected chi connectivity index (χ0v) is 8.82. The van der Waals surface area contributed by atoms with Crippen LogP contribution >= 0.6 is 0 Å². The van der Waals surface area contributed by atoms with Crippen molar-refractivity contribution in [1.82, 2.24) is 5.32 Å². The highest BCUT2D eigenvalue weighted by molar-refractivity contribution is 4.79. The molecule has 1 rings (SSSR count). The number of hydrogen-bond donors (Lipinski definition) is 1. The van der Waals surface area contributed by atoms with Crippen molar-refractivity contribution in [1.29, 1.82) is 0 Å². The van der Waals surface area contributed by atoms with Gasteiger partial charge in [-0.25, -0.2) is 0 Å². The summed E-state index contributed by atoms with van der Waals surface area (Å²) >= 11 is 0. The fourth-order valence-corrected chi connectivity index (χ4v) is 2.45. The summed E-state index contributed by atoms with van der Waals surface area (Å²) < 4.78 is 0. The van der Waals surface area contributed by atoms with Gasteiger partial charge in [-0.15, -0.1) is 0 Å². The molecule has 1 atom stereocenters. The SMILES string of the molecule is CNCCC1CCCC(C)(C)C1. The van der Waals surface area contributed by atoms with Crippen LogP contribution in [0, 0.1) is 11.3 Å². The molecule has 0 radical (unpaired) electrons. The molecule has 0 spiro atoms. The molecule has 0 heterocycles. The molecule has 0 saturated heterocycles. The fraction of sp³-hybridized carbons (Fsp3) is 1.00. The number of rotatable bonds is 3. The van der Waals surface area contributed by atoms with Crippen LogP contribution in [-0.4, -0.2) is 13.6 Å². The molecule has 0 amide bonds. The van der Waals surface area contributed by atoms with Gasteiger partial charge in [0.1, 0.15) is 0 Å². The van der Waals surface area contributed by atoms with Gasteiger partial charge >= 0.3 is 0 Å². The van der Waals surface area contributed by atoms with E-state index < -0.39 is 0 Å². The highest BCUT2D eigenvalue weighted by atomic mass is 14.8. The average molecular weight is 169 g/mol. The van der Waals surface area contributed by atoms with E-state index in [4.69, 9.17) is 0 Å². The molecule has 1 heteroatoms. The second-order valence-electron chi connectivity index (χ2n) is 5.02. The maximum absolute atomic E-state index is 3.24. The van der Waals surface area contributed by atoms with E-state index in [9.17, 15) is 0 Å². The van der Waals surface area contributed by atoms with Crippen molar-refractivity contribution in [3.63, 3.8) is 0 Å². The Morgan fingerprint density at radius 3 is 2.75 bits per heavy atom. The molecular formula is C11H23N. The summed E-state index contributed by atoms with van der Waals surface area (Å²) in [6, 6.07) is 0. The van der Waals surface area contributed by atoms with Crippen LogP contribution in [0.3, 0.4) is 0 Å². The Kier molecular flexibility index (Phi) is 3.57. The third-order valence-corrected chi connectivity index (χ3v) is 3.11. The van der Waals surface area contributed by atoms with E-state index in [0.717, 1.165) is 5.92 Å². The Morgan fingerprint density at radius 1 is 1.42 bits per heavy atom. The van der Waals surface area contributed by atoms with Crippen LogP contribution in [0.4, 0.5) is 0 Å². The first kappa shape index (κ1) is 10.0. The standard InChI is InChI=1S/C11H23N/c1-11(2)7-4-5-10(9-11)6-8-12-3/h10,12H,4-9H2,1-3H3. The van der Waals surface area contributed by atoms with Gasteiger partial charge < -0.3 is 5.32 Å². The van der Waals surface area contributed by atoms with Crippen LogP contribution in [0.5, 0.6) is 0 Å². The highest BCUT2D eigenvalue weighted by Gasteiger charge is 2.27. The quantitative estimate of drug-likeness (QED) is 0.685. The summed E-state index contributed by atoms with van der Waals surface area (Å²) in [5, 5.41) is 3.24. The van der Waals surface area contributed by atoms with Crippen molar-refractivity contribution < 1.29 is 0 Å². The monoisotopic (exact) mass is 169 g/mol. The average Bonchev–Trinajstić information content (AvgIpc) is 1.99. The molecule has 1 aliphatic carbocycles. The highest BCUT2D eigenvalue weighted by Crippen LogP contribution is 2.39. The largest absolute Gasteiger partial charge is 0.320 e. The normalized spacial score (nSPS) is 28.8. The number of hydrogen-bond acceptors (Lipinski definition) is 1. The molecule has 1 aliphatic rings. The molecule has 0 aliphatic heterocycles. The molecule has 72 valence electrons. The van der Waals surface area contributed by atoms with Gasteiger partial charge in [0.2, 0.25) is 0 Å². The fourth-order valence-electron chi connectivity index (χ4n) is 2.45. The summed E-state index contributed by atoms with van der Waals surface area (Å²) in [6.07, 6.45) is 7.16. The van der Waals surface area contributed by atoms with E-state index in [1.807, 2.05) is 7.05 Å². The lowest BCUT2D eigenvalue weighted by molar-refractivity contribution is 0.173. The van der Waals surface area contributed by atoms with Gasteiger partial charge in [0.05, 0.1) is 0 Å². The summed E-state index contributed by atoms with van der Waals surface area (Å²) in [6.45, 7) is 6.03. The van der Waals surface area contributed by atoms with E-state index in [0.29, 0.717) is 5.41 Å². The molecule has 1 fully saturated rings. The van der Waals surface area contributed by atoms with Crippen molar-refractivity contribution >= 4 is 0 Å². The second kappa shape index (κ2) is 4.27. The minimum atomic E-state index is 0.622. The van der Waals surface area contributed by atoms with Gasteiger partial charge in [-0.05, 0) is 44.2 Å². The number of nitrogens with one attached hydrogen (secondary N) is 1. The van der Waals surface area contributed by atoms with Crippen LogP contribution < -0.4 is 5.32 Å². The topological polar surface area (TPSA) is 12.0 Å². The maximum atomic E-state index is 3.24. The second-order valence-corrected chi connectivity index (χ2v) is 5.02. The Morgan fingerprint density at radius 2 is 2.17 bits per heavy atom. The lowest BCUT2D eigenvalue weighted by Gasteiger charge is -2.35. The lowest BCUT2D eigenvalue weighted by Crippen LogP contribution is -2.24. The molecule has 12 heavy (non-hydrogen) atoms. The predicted molar refractivity (Wildman–Crippen MR) is 54.3 cm³/mol.